The molecule has 5 nitrogen and oxygen atoms in total. The molecule has 0 saturated heterocycles. The summed E-state index contributed by atoms with van der Waals surface area (Å²) < 4.78 is 5.68. The molecule has 3 rings (SSSR count). The summed E-state index contributed by atoms with van der Waals surface area (Å²) in [5.74, 6) is -0.112. The number of carbonyl (C=O) groups is 2. The molecule has 5 heteroatoms. The molecule has 0 bridgehead atoms. The Kier molecular flexibility index (Phi) is 3.12. The molecule has 1 unspecified atom stereocenters. The molecule has 0 spiro atoms. The molecule has 1 N–H and O–H groups in total. The molecule has 0 fully saturated rings. The van der Waals surface area contributed by atoms with Gasteiger partial charge in [0.1, 0.15) is 5.75 Å². The summed E-state index contributed by atoms with van der Waals surface area (Å²) in [5.41, 5.74) is 3.00. The molecular weight excluding hydrogens is 258 g/mol. The van der Waals surface area contributed by atoms with Crippen molar-refractivity contribution in [2.45, 2.75) is 26.2 Å². The third-order valence-electron chi connectivity index (χ3n) is 3.98. The fourth-order valence-electron chi connectivity index (χ4n) is 3.13. The van der Waals surface area contributed by atoms with Gasteiger partial charge in [0.05, 0.1) is 18.7 Å². The van der Waals surface area contributed by atoms with E-state index in [0.29, 0.717) is 19.6 Å². The lowest BCUT2D eigenvalue weighted by atomic mass is 9.89. The zero-order chi connectivity index (χ0) is 14.3. The second-order valence-corrected chi connectivity index (χ2v) is 5.46. The van der Waals surface area contributed by atoms with Crippen molar-refractivity contribution in [2.75, 3.05) is 18.1 Å². The Morgan fingerprint density at radius 1 is 1.40 bits per heavy atom. The average molecular weight is 275 g/mol. The summed E-state index contributed by atoms with van der Waals surface area (Å²) in [6, 6.07) is 4.04. The van der Waals surface area contributed by atoms with E-state index in [1.165, 1.54) is 6.92 Å². The van der Waals surface area contributed by atoms with Crippen molar-refractivity contribution < 1.29 is 19.4 Å². The van der Waals surface area contributed by atoms with Gasteiger partial charge in [-0.25, -0.2) is 0 Å². The number of carboxylic acids is 1. The summed E-state index contributed by atoms with van der Waals surface area (Å²) in [5, 5.41) is 8.97. The number of aliphatic carboxylic acids is 1. The first kappa shape index (κ1) is 13.0. The monoisotopic (exact) mass is 275 g/mol. The fourth-order valence-corrected chi connectivity index (χ4v) is 3.13. The quantitative estimate of drug-likeness (QED) is 0.890. The van der Waals surface area contributed by atoms with Crippen LogP contribution in [0.1, 0.15) is 24.5 Å². The summed E-state index contributed by atoms with van der Waals surface area (Å²) in [6.07, 6.45) is 1.64. The number of anilines is 1. The van der Waals surface area contributed by atoms with Gasteiger partial charge in [0.25, 0.3) is 0 Å². The third kappa shape index (κ3) is 2.13. The summed E-state index contributed by atoms with van der Waals surface area (Å²) in [6.45, 7) is 2.62. The molecule has 1 aromatic carbocycles. The van der Waals surface area contributed by atoms with Crippen molar-refractivity contribution in [1.29, 1.82) is 0 Å². The number of hydrogen-bond donors (Lipinski definition) is 1. The number of hydrogen-bond acceptors (Lipinski definition) is 3. The van der Waals surface area contributed by atoms with E-state index in [0.717, 1.165) is 29.0 Å². The molecule has 2 aliphatic rings. The van der Waals surface area contributed by atoms with Gasteiger partial charge >= 0.3 is 5.97 Å². The van der Waals surface area contributed by atoms with Crippen LogP contribution in [0.15, 0.2) is 12.1 Å². The molecule has 1 aromatic rings. The van der Waals surface area contributed by atoms with Gasteiger partial charge in [0.15, 0.2) is 0 Å². The largest absolute Gasteiger partial charge is 0.491 e. The van der Waals surface area contributed by atoms with Crippen LogP contribution in [0.5, 0.6) is 5.75 Å². The number of amides is 1. The van der Waals surface area contributed by atoms with Crippen molar-refractivity contribution in [3.8, 4) is 5.75 Å². The standard InChI is InChI=1S/C15H17NO4/c1-9(17)16-8-10(7-13(18)19)6-12-3-2-11-4-5-20-15(11)14(12)16/h2-3,10H,4-8H2,1H3,(H,18,19). The van der Waals surface area contributed by atoms with Crippen molar-refractivity contribution in [3.05, 3.63) is 23.3 Å². The predicted octanol–water partition coefficient (Wildman–Crippen LogP) is 1.62. The van der Waals surface area contributed by atoms with Gasteiger partial charge in [0, 0.05) is 19.9 Å². The molecule has 2 aliphatic heterocycles. The maximum absolute atomic E-state index is 11.9. The number of carboxylic acid groups (broad SMARTS) is 1. The fraction of sp³-hybridized carbons (Fsp3) is 0.467. The highest BCUT2D eigenvalue weighted by molar-refractivity contribution is 5.95. The highest BCUT2D eigenvalue weighted by Gasteiger charge is 2.33. The lowest BCUT2D eigenvalue weighted by Crippen LogP contribution is -2.39. The van der Waals surface area contributed by atoms with E-state index in [9.17, 15) is 9.59 Å². The van der Waals surface area contributed by atoms with Crippen molar-refractivity contribution >= 4 is 17.6 Å². The molecule has 2 heterocycles. The maximum atomic E-state index is 11.9. The number of carbonyl (C=O) groups excluding carboxylic acids is 1. The normalized spacial score (nSPS) is 20.1. The molecule has 0 saturated carbocycles. The Labute approximate surface area is 117 Å². The maximum Gasteiger partial charge on any atom is 0.303 e. The van der Waals surface area contributed by atoms with E-state index in [1.54, 1.807) is 4.90 Å². The second kappa shape index (κ2) is 4.81. The van der Waals surface area contributed by atoms with Crippen LogP contribution in [-0.2, 0) is 22.4 Å². The molecule has 20 heavy (non-hydrogen) atoms. The van der Waals surface area contributed by atoms with Gasteiger partial charge in [-0.3, -0.25) is 9.59 Å². The summed E-state index contributed by atoms with van der Waals surface area (Å²) in [7, 11) is 0. The topological polar surface area (TPSA) is 66.8 Å². The van der Waals surface area contributed by atoms with Crippen LogP contribution in [0.2, 0.25) is 0 Å². The Morgan fingerprint density at radius 3 is 2.85 bits per heavy atom. The number of rotatable bonds is 2. The van der Waals surface area contributed by atoms with Crippen LogP contribution in [0.25, 0.3) is 0 Å². The number of ether oxygens (including phenoxy) is 1. The molecule has 1 amide bonds. The van der Waals surface area contributed by atoms with E-state index in [4.69, 9.17) is 9.84 Å². The van der Waals surface area contributed by atoms with Gasteiger partial charge in [-0.15, -0.1) is 0 Å². The molecular formula is C15H17NO4. The summed E-state index contributed by atoms with van der Waals surface area (Å²) in [4.78, 5) is 24.5. The first-order chi connectivity index (χ1) is 9.56. The third-order valence-corrected chi connectivity index (χ3v) is 3.98. The van der Waals surface area contributed by atoms with E-state index in [2.05, 4.69) is 0 Å². The molecule has 0 radical (unpaired) electrons. The van der Waals surface area contributed by atoms with Crippen LogP contribution in [0, 0.1) is 5.92 Å². The van der Waals surface area contributed by atoms with Crippen LogP contribution >= 0.6 is 0 Å². The van der Waals surface area contributed by atoms with Gasteiger partial charge in [-0.1, -0.05) is 12.1 Å². The van der Waals surface area contributed by atoms with E-state index in [-0.39, 0.29) is 18.2 Å². The van der Waals surface area contributed by atoms with Gasteiger partial charge in [-0.2, -0.15) is 0 Å². The second-order valence-electron chi connectivity index (χ2n) is 5.46. The van der Waals surface area contributed by atoms with E-state index < -0.39 is 5.97 Å². The smallest absolute Gasteiger partial charge is 0.303 e. The minimum absolute atomic E-state index is 0.0386. The Hall–Kier alpha value is -2.04. The predicted molar refractivity (Wildman–Crippen MR) is 73.1 cm³/mol. The number of benzene rings is 1. The zero-order valence-electron chi connectivity index (χ0n) is 11.4. The van der Waals surface area contributed by atoms with Crippen LogP contribution < -0.4 is 9.64 Å². The van der Waals surface area contributed by atoms with Crippen molar-refractivity contribution in [2.24, 2.45) is 5.92 Å². The minimum Gasteiger partial charge on any atom is -0.491 e. The number of fused-ring (bicyclic) bond motifs is 3. The van der Waals surface area contributed by atoms with Crippen LogP contribution in [-0.4, -0.2) is 30.1 Å². The first-order valence-corrected chi connectivity index (χ1v) is 6.83. The number of nitrogens with zero attached hydrogens (tertiary/aromatic N) is 1. The van der Waals surface area contributed by atoms with Gasteiger partial charge in [0.2, 0.25) is 5.91 Å². The lowest BCUT2D eigenvalue weighted by Gasteiger charge is -2.34. The van der Waals surface area contributed by atoms with Gasteiger partial charge < -0.3 is 14.7 Å². The molecule has 0 aliphatic carbocycles. The van der Waals surface area contributed by atoms with E-state index >= 15 is 0 Å². The zero-order valence-corrected chi connectivity index (χ0v) is 11.4. The average Bonchev–Trinajstić information content (AvgIpc) is 2.84. The lowest BCUT2D eigenvalue weighted by molar-refractivity contribution is -0.138. The summed E-state index contributed by atoms with van der Waals surface area (Å²) >= 11 is 0. The van der Waals surface area contributed by atoms with Crippen molar-refractivity contribution in [3.63, 3.8) is 0 Å². The highest BCUT2D eigenvalue weighted by Crippen LogP contribution is 2.43. The molecule has 106 valence electrons. The van der Waals surface area contributed by atoms with E-state index in [1.807, 2.05) is 12.1 Å². The molecule has 1 atom stereocenters. The van der Waals surface area contributed by atoms with Crippen molar-refractivity contribution in [1.82, 2.24) is 0 Å². The minimum atomic E-state index is -0.820. The Balaban J connectivity index is 2.02. The van der Waals surface area contributed by atoms with Crippen LogP contribution in [0.4, 0.5) is 5.69 Å². The molecule has 0 aromatic heterocycles. The highest BCUT2D eigenvalue weighted by atomic mass is 16.5. The van der Waals surface area contributed by atoms with Gasteiger partial charge in [-0.05, 0) is 23.5 Å². The Morgan fingerprint density at radius 2 is 2.15 bits per heavy atom. The SMILES string of the molecule is CC(=O)N1CC(CC(=O)O)Cc2ccc3c(c21)OCC3. The Bertz CT molecular complexity index is 581. The van der Waals surface area contributed by atoms with Crippen LogP contribution in [0.3, 0.4) is 0 Å². The first-order valence-electron chi connectivity index (χ1n) is 6.83.